The van der Waals surface area contributed by atoms with Gasteiger partial charge >= 0.3 is 0 Å². The highest BCUT2D eigenvalue weighted by atomic mass is 35.5. The molecule has 16 heavy (non-hydrogen) atoms. The average Bonchev–Trinajstić information content (AvgIpc) is 2.19. The maximum Gasteiger partial charge on any atom is 0.192 e. The number of rotatable bonds is 3. The van der Waals surface area contributed by atoms with E-state index in [4.69, 9.17) is 11.6 Å². The van der Waals surface area contributed by atoms with Crippen LogP contribution in [0.25, 0.3) is 0 Å². The third kappa shape index (κ3) is 3.82. The molecule has 0 fully saturated rings. The molecular formula is C9H11ClN4O2. The summed E-state index contributed by atoms with van der Waals surface area (Å²) in [5.41, 5.74) is 0.610. The van der Waals surface area contributed by atoms with Crippen molar-refractivity contribution >= 4 is 23.1 Å². The van der Waals surface area contributed by atoms with E-state index < -0.39 is 5.03 Å². The first kappa shape index (κ1) is 12.4. The first-order valence-electron chi connectivity index (χ1n) is 4.60. The van der Waals surface area contributed by atoms with E-state index in [9.17, 15) is 10.1 Å². The number of pyridine rings is 1. The van der Waals surface area contributed by atoms with Gasteiger partial charge in [-0.3, -0.25) is 0 Å². The zero-order valence-electron chi connectivity index (χ0n) is 8.85. The lowest BCUT2D eigenvalue weighted by atomic mass is 10.2. The summed E-state index contributed by atoms with van der Waals surface area (Å²) in [6, 6.07) is 3.27. The smallest absolute Gasteiger partial charge is 0.192 e. The Morgan fingerprint density at radius 3 is 2.75 bits per heavy atom. The highest BCUT2D eigenvalue weighted by molar-refractivity contribution is 6.29. The van der Waals surface area contributed by atoms with Crippen molar-refractivity contribution in [2.45, 2.75) is 13.8 Å². The quantitative estimate of drug-likeness (QED) is 0.290. The molecule has 6 nitrogen and oxygen atoms in total. The maximum atomic E-state index is 10.3. The van der Waals surface area contributed by atoms with Gasteiger partial charge in [-0.2, -0.15) is 0 Å². The number of hydrazone groups is 1. The summed E-state index contributed by atoms with van der Waals surface area (Å²) in [5.74, 6) is 0.190. The summed E-state index contributed by atoms with van der Waals surface area (Å²) in [5, 5.41) is 16.0. The summed E-state index contributed by atoms with van der Waals surface area (Å²) in [6.07, 6.45) is 1.49. The minimum Gasteiger partial charge on any atom is -0.337 e. The van der Waals surface area contributed by atoms with Crippen LogP contribution in [0.2, 0.25) is 5.15 Å². The van der Waals surface area contributed by atoms with E-state index >= 15 is 0 Å². The van der Waals surface area contributed by atoms with E-state index in [2.05, 4.69) is 15.4 Å². The van der Waals surface area contributed by atoms with Crippen LogP contribution in [0.3, 0.4) is 0 Å². The van der Waals surface area contributed by atoms with Crippen molar-refractivity contribution in [1.82, 2.24) is 4.98 Å². The van der Waals surface area contributed by atoms with E-state index in [0.29, 0.717) is 10.8 Å². The van der Waals surface area contributed by atoms with Gasteiger partial charge in [-0.1, -0.05) is 25.4 Å². The molecule has 0 unspecified atom stereocenters. The second kappa shape index (κ2) is 5.41. The standard InChI is InChI=1S/C9H11ClN4O2/c1-6(2)9(13-14(15)16)12-7-3-4-8(10)11-5-7/h3-6H,1-2H3,(H,12,13). The monoisotopic (exact) mass is 242 g/mol. The summed E-state index contributed by atoms with van der Waals surface area (Å²) in [6.45, 7) is 3.61. The number of aromatic nitrogens is 1. The normalized spacial score (nSPS) is 11.6. The first-order valence-corrected chi connectivity index (χ1v) is 4.98. The molecule has 86 valence electrons. The molecule has 0 bridgehead atoms. The predicted octanol–water partition coefficient (Wildman–Crippen LogP) is 2.39. The Morgan fingerprint density at radius 2 is 2.31 bits per heavy atom. The summed E-state index contributed by atoms with van der Waals surface area (Å²) in [7, 11) is 0. The Bertz CT molecular complexity index is 402. The molecule has 7 heteroatoms. The summed E-state index contributed by atoms with van der Waals surface area (Å²) >= 11 is 5.62. The molecule has 0 atom stereocenters. The van der Waals surface area contributed by atoms with Crippen LogP contribution in [-0.2, 0) is 0 Å². The second-order valence-corrected chi connectivity index (χ2v) is 3.76. The van der Waals surface area contributed by atoms with Crippen molar-refractivity contribution < 1.29 is 5.03 Å². The van der Waals surface area contributed by atoms with Gasteiger partial charge in [-0.25, -0.2) is 15.1 Å². The number of hydrogen-bond acceptors (Lipinski definition) is 3. The van der Waals surface area contributed by atoms with Gasteiger partial charge in [0.2, 0.25) is 0 Å². The third-order valence-corrected chi connectivity index (χ3v) is 1.96. The molecule has 1 aromatic rings. The van der Waals surface area contributed by atoms with Crippen molar-refractivity contribution in [2.75, 3.05) is 5.32 Å². The molecule has 0 spiro atoms. The Hall–Kier alpha value is -1.69. The molecule has 1 rings (SSSR count). The molecular weight excluding hydrogens is 232 g/mol. The van der Waals surface area contributed by atoms with Gasteiger partial charge in [0.1, 0.15) is 5.15 Å². The number of halogens is 1. The van der Waals surface area contributed by atoms with Crippen molar-refractivity contribution in [3.05, 3.63) is 33.6 Å². The summed E-state index contributed by atoms with van der Waals surface area (Å²) in [4.78, 5) is 14.1. The van der Waals surface area contributed by atoms with Crippen LogP contribution in [-0.4, -0.2) is 15.9 Å². The Labute approximate surface area is 97.5 Å². The SMILES string of the molecule is CC(C)/C(=N/[N+](=O)[O-])Nc1ccc(Cl)nc1. The molecule has 0 saturated carbocycles. The highest BCUT2D eigenvalue weighted by Gasteiger charge is 2.10. The lowest BCUT2D eigenvalue weighted by Gasteiger charge is -2.09. The molecule has 0 aliphatic heterocycles. The fraction of sp³-hybridized carbons (Fsp3) is 0.333. The van der Waals surface area contributed by atoms with Gasteiger partial charge in [0, 0.05) is 5.92 Å². The molecule has 0 amide bonds. The minimum atomic E-state index is -0.730. The topological polar surface area (TPSA) is 80.4 Å². The lowest BCUT2D eigenvalue weighted by molar-refractivity contribution is -0.485. The number of nitrogens with zero attached hydrogens (tertiary/aromatic N) is 3. The van der Waals surface area contributed by atoms with Crippen LogP contribution in [0.15, 0.2) is 23.4 Å². The van der Waals surface area contributed by atoms with E-state index in [1.54, 1.807) is 26.0 Å². The zero-order chi connectivity index (χ0) is 12.1. The van der Waals surface area contributed by atoms with Crippen LogP contribution in [0.1, 0.15) is 13.8 Å². The van der Waals surface area contributed by atoms with E-state index in [1.165, 1.54) is 6.20 Å². The number of nitrogens with one attached hydrogen (secondary N) is 1. The molecule has 1 N–H and O–H groups in total. The van der Waals surface area contributed by atoms with Crippen LogP contribution in [0.5, 0.6) is 0 Å². The molecule has 0 aliphatic rings. The van der Waals surface area contributed by atoms with Crippen molar-refractivity contribution in [3.63, 3.8) is 0 Å². The first-order chi connectivity index (χ1) is 7.49. The molecule has 1 aromatic heterocycles. The zero-order valence-corrected chi connectivity index (χ0v) is 9.60. The predicted molar refractivity (Wildman–Crippen MR) is 62.1 cm³/mol. The van der Waals surface area contributed by atoms with Gasteiger partial charge in [0.25, 0.3) is 0 Å². The minimum absolute atomic E-state index is 0.0823. The molecule has 0 radical (unpaired) electrons. The molecule has 1 heterocycles. The van der Waals surface area contributed by atoms with Crippen LogP contribution in [0.4, 0.5) is 5.69 Å². The third-order valence-electron chi connectivity index (χ3n) is 1.74. The second-order valence-electron chi connectivity index (χ2n) is 3.37. The van der Waals surface area contributed by atoms with Gasteiger partial charge in [0.15, 0.2) is 10.9 Å². The number of amidine groups is 1. The maximum absolute atomic E-state index is 10.3. The highest BCUT2D eigenvalue weighted by Crippen LogP contribution is 2.11. The van der Waals surface area contributed by atoms with Crippen LogP contribution < -0.4 is 5.32 Å². The van der Waals surface area contributed by atoms with E-state index in [0.717, 1.165) is 0 Å². The molecule has 0 saturated heterocycles. The van der Waals surface area contributed by atoms with Crippen molar-refractivity contribution in [1.29, 1.82) is 0 Å². The fourth-order valence-electron chi connectivity index (χ4n) is 0.970. The lowest BCUT2D eigenvalue weighted by Crippen LogP contribution is -2.20. The largest absolute Gasteiger partial charge is 0.337 e. The van der Waals surface area contributed by atoms with Gasteiger partial charge < -0.3 is 5.32 Å². The fourth-order valence-corrected chi connectivity index (χ4v) is 1.08. The van der Waals surface area contributed by atoms with Gasteiger partial charge in [0.05, 0.1) is 17.0 Å². The Balaban J connectivity index is 2.84. The molecule has 0 aliphatic carbocycles. The van der Waals surface area contributed by atoms with Crippen LogP contribution >= 0.6 is 11.6 Å². The average molecular weight is 243 g/mol. The number of hydrogen-bond donors (Lipinski definition) is 1. The number of nitro groups is 1. The van der Waals surface area contributed by atoms with Gasteiger partial charge in [-0.05, 0) is 12.1 Å². The van der Waals surface area contributed by atoms with Crippen molar-refractivity contribution in [3.8, 4) is 0 Å². The summed E-state index contributed by atoms with van der Waals surface area (Å²) < 4.78 is 0. The van der Waals surface area contributed by atoms with Gasteiger partial charge in [-0.15, -0.1) is 0 Å². The van der Waals surface area contributed by atoms with E-state index in [-0.39, 0.29) is 11.8 Å². The van der Waals surface area contributed by atoms with E-state index in [1.807, 2.05) is 0 Å². The van der Waals surface area contributed by atoms with Crippen molar-refractivity contribution in [2.24, 2.45) is 11.0 Å². The Morgan fingerprint density at radius 1 is 1.62 bits per heavy atom. The Kier molecular flexibility index (Phi) is 4.19. The number of anilines is 1. The van der Waals surface area contributed by atoms with Crippen LogP contribution in [0, 0.1) is 16.0 Å². The molecule has 0 aromatic carbocycles.